The Kier molecular flexibility index (Phi) is 11.9. The van der Waals surface area contributed by atoms with Crippen LogP contribution in [-0.4, -0.2) is 167 Å². The van der Waals surface area contributed by atoms with Crippen LogP contribution < -0.4 is 39.3 Å². The molecule has 4 aliphatic rings. The maximum atomic E-state index is 11.3. The lowest BCUT2D eigenvalue weighted by molar-refractivity contribution is -0.373. The topological polar surface area (TPSA) is 322 Å². The normalized spacial score (nSPS) is 50.1. The average molecular weight is 612 g/mol. The summed E-state index contributed by atoms with van der Waals surface area (Å²) in [7, 11) is 1.56. The predicted octanol–water partition coefficient (Wildman–Crippen LogP) is -8.03. The van der Waals surface area contributed by atoms with Crippen LogP contribution in [0, 0.1) is 0 Å². The van der Waals surface area contributed by atoms with Crippen LogP contribution in [-0.2, 0) is 23.7 Å². The zero-order valence-electron chi connectivity index (χ0n) is 23.5. The van der Waals surface area contributed by atoms with Crippen molar-refractivity contribution in [3.05, 3.63) is 0 Å². The van der Waals surface area contributed by atoms with E-state index in [-0.39, 0.29) is 25.9 Å². The number of likely N-dealkylation sites (N-methyl/N-ethyl adjacent to an activating group) is 1. The van der Waals surface area contributed by atoms with Crippen LogP contribution in [0.25, 0.3) is 0 Å². The van der Waals surface area contributed by atoms with E-state index in [1.807, 2.05) is 0 Å². The second kappa shape index (κ2) is 14.6. The Morgan fingerprint density at radius 3 is 2.05 bits per heavy atom. The Labute approximate surface area is 243 Å². The van der Waals surface area contributed by atoms with Crippen molar-refractivity contribution in [3.63, 3.8) is 0 Å². The minimum atomic E-state index is -1.56. The molecule has 42 heavy (non-hydrogen) atoms. The van der Waals surface area contributed by atoms with Crippen molar-refractivity contribution >= 4 is 0 Å². The van der Waals surface area contributed by atoms with Gasteiger partial charge in [-0.3, -0.25) is 0 Å². The van der Waals surface area contributed by atoms with E-state index in [0.717, 1.165) is 0 Å². The lowest BCUT2D eigenvalue weighted by Gasteiger charge is -2.51. The minimum Gasteiger partial charge on any atom is -0.394 e. The Morgan fingerprint density at radius 2 is 1.43 bits per heavy atom. The van der Waals surface area contributed by atoms with E-state index >= 15 is 0 Å². The van der Waals surface area contributed by atoms with E-state index < -0.39 is 117 Å². The SMILES string of the molecule is CNC1C(OC2OC(CO)C(NC(CN)CN)C(O)C2O)O[C@H]2C[C@H](N)C(OC3C(N)CC(N)C(O)C3O)OC2C1O. The lowest BCUT2D eigenvalue weighted by atomic mass is 9.84. The smallest absolute Gasteiger partial charge is 0.189 e. The fourth-order valence-corrected chi connectivity index (χ4v) is 6.14. The number of aliphatic hydroxyl groups excluding tert-OH is 6. The van der Waals surface area contributed by atoms with Crippen molar-refractivity contribution in [3.8, 4) is 0 Å². The first kappa shape index (κ1) is 34.2. The molecular formula is C24H49N7O11. The monoisotopic (exact) mass is 611 g/mol. The first-order chi connectivity index (χ1) is 19.9. The number of fused-ring (bicyclic) bond motifs is 1. The number of hydrogen-bond acceptors (Lipinski definition) is 18. The average Bonchev–Trinajstić information content (AvgIpc) is 2.96. The van der Waals surface area contributed by atoms with Gasteiger partial charge < -0.3 is 93.6 Å². The third-order valence-corrected chi connectivity index (χ3v) is 8.69. The van der Waals surface area contributed by atoms with Gasteiger partial charge >= 0.3 is 0 Å². The summed E-state index contributed by atoms with van der Waals surface area (Å²) in [4.78, 5) is 0. The highest BCUT2D eigenvalue weighted by molar-refractivity contribution is 5.02. The summed E-state index contributed by atoms with van der Waals surface area (Å²) in [6.45, 7) is -0.188. The van der Waals surface area contributed by atoms with Gasteiger partial charge in [0.25, 0.3) is 0 Å². The molecule has 0 amide bonds. The summed E-state index contributed by atoms with van der Waals surface area (Å²) >= 11 is 0. The van der Waals surface area contributed by atoms with Crippen LogP contribution in [0.5, 0.6) is 0 Å². The number of hydrogen-bond donors (Lipinski definition) is 13. The molecule has 15 unspecified atom stereocenters. The van der Waals surface area contributed by atoms with Gasteiger partial charge in [-0.1, -0.05) is 0 Å². The maximum absolute atomic E-state index is 11.3. The zero-order valence-corrected chi connectivity index (χ0v) is 23.5. The van der Waals surface area contributed by atoms with Gasteiger partial charge in [-0.2, -0.15) is 0 Å². The largest absolute Gasteiger partial charge is 0.394 e. The highest BCUT2D eigenvalue weighted by atomic mass is 16.8. The second-order valence-corrected chi connectivity index (χ2v) is 11.6. The van der Waals surface area contributed by atoms with Crippen LogP contribution in [0.1, 0.15) is 12.8 Å². The first-order valence-corrected chi connectivity index (χ1v) is 14.3. The molecule has 3 saturated heterocycles. The Hall–Kier alpha value is -0.720. The molecule has 18 heteroatoms. The molecule has 3 aliphatic heterocycles. The standard InChI is InChI=1S/C24H49N7O11/c1-30-14-17(35)21-11(3-10(29)22(41-21)40-20-9(28)2-8(27)15(33)18(20)36)38-23(14)42-24-19(37)16(34)13(12(6-32)39-24)31-7(4-25)5-26/h7-24,30-37H,2-6,25-29H2,1H3/t8?,9?,10-,11-,12?,13?,14?,15?,16?,17?,18?,19?,20?,21?,22?,23?,24?/m0/s1. The molecule has 246 valence electrons. The molecule has 4 rings (SSSR count). The second-order valence-electron chi connectivity index (χ2n) is 11.6. The number of nitrogens with one attached hydrogen (secondary N) is 2. The predicted molar refractivity (Wildman–Crippen MR) is 144 cm³/mol. The molecule has 0 aromatic heterocycles. The van der Waals surface area contributed by atoms with Gasteiger partial charge in [-0.15, -0.1) is 0 Å². The fourth-order valence-electron chi connectivity index (χ4n) is 6.14. The quantitative estimate of drug-likeness (QED) is 0.109. The van der Waals surface area contributed by atoms with Crippen molar-refractivity contribution in [2.24, 2.45) is 28.7 Å². The van der Waals surface area contributed by atoms with E-state index in [0.29, 0.717) is 0 Å². The van der Waals surface area contributed by atoms with Crippen LogP contribution in [0.4, 0.5) is 0 Å². The summed E-state index contributed by atoms with van der Waals surface area (Å²) in [6, 6.07) is -4.36. The Morgan fingerprint density at radius 1 is 0.738 bits per heavy atom. The molecule has 0 aromatic carbocycles. The molecule has 1 saturated carbocycles. The van der Waals surface area contributed by atoms with E-state index in [4.69, 9.17) is 52.4 Å². The van der Waals surface area contributed by atoms with Gasteiger partial charge in [0.1, 0.15) is 42.7 Å². The molecule has 18 N–H and O–H groups in total. The van der Waals surface area contributed by atoms with E-state index in [1.165, 1.54) is 0 Å². The molecule has 1 aliphatic carbocycles. The molecule has 0 radical (unpaired) electrons. The number of ether oxygens (including phenoxy) is 5. The molecule has 18 nitrogen and oxygen atoms in total. The number of rotatable bonds is 10. The molecular weight excluding hydrogens is 562 g/mol. The highest BCUT2D eigenvalue weighted by Crippen LogP contribution is 2.35. The summed E-state index contributed by atoms with van der Waals surface area (Å²) in [6.07, 6.45) is -13.9. The maximum Gasteiger partial charge on any atom is 0.189 e. The summed E-state index contributed by atoms with van der Waals surface area (Å²) in [5.74, 6) is 0. The van der Waals surface area contributed by atoms with Crippen molar-refractivity contribution in [2.45, 2.75) is 123 Å². The van der Waals surface area contributed by atoms with Crippen molar-refractivity contribution in [1.82, 2.24) is 10.6 Å². The van der Waals surface area contributed by atoms with Gasteiger partial charge in [0.15, 0.2) is 18.9 Å². The molecule has 0 bridgehead atoms. The van der Waals surface area contributed by atoms with E-state index in [1.54, 1.807) is 7.05 Å². The van der Waals surface area contributed by atoms with Gasteiger partial charge in [0.2, 0.25) is 0 Å². The fraction of sp³-hybridized carbons (Fsp3) is 1.00. The highest BCUT2D eigenvalue weighted by Gasteiger charge is 2.54. The van der Waals surface area contributed by atoms with Crippen LogP contribution in [0.15, 0.2) is 0 Å². The van der Waals surface area contributed by atoms with Crippen LogP contribution >= 0.6 is 0 Å². The Balaban J connectivity index is 1.42. The lowest BCUT2D eigenvalue weighted by Crippen LogP contribution is -2.70. The summed E-state index contributed by atoms with van der Waals surface area (Å²) < 4.78 is 29.8. The van der Waals surface area contributed by atoms with Crippen molar-refractivity contribution in [2.75, 3.05) is 26.7 Å². The zero-order chi connectivity index (χ0) is 30.9. The molecule has 0 spiro atoms. The third kappa shape index (κ3) is 6.91. The van der Waals surface area contributed by atoms with E-state index in [2.05, 4.69) is 10.6 Å². The van der Waals surface area contributed by atoms with Gasteiger partial charge in [-0.25, -0.2) is 0 Å². The van der Waals surface area contributed by atoms with Gasteiger partial charge in [0.05, 0.1) is 36.9 Å². The molecule has 3 heterocycles. The molecule has 17 atom stereocenters. The number of aliphatic hydroxyl groups is 6. The summed E-state index contributed by atoms with van der Waals surface area (Å²) in [5, 5.41) is 69.5. The van der Waals surface area contributed by atoms with Crippen LogP contribution in [0.3, 0.4) is 0 Å². The van der Waals surface area contributed by atoms with E-state index in [9.17, 15) is 30.6 Å². The van der Waals surface area contributed by atoms with Crippen molar-refractivity contribution < 1.29 is 54.3 Å². The van der Waals surface area contributed by atoms with Gasteiger partial charge in [0, 0.05) is 31.2 Å². The molecule has 0 aromatic rings. The van der Waals surface area contributed by atoms with Gasteiger partial charge in [-0.05, 0) is 19.9 Å². The first-order valence-electron chi connectivity index (χ1n) is 14.3. The minimum absolute atomic E-state index is 0.143. The summed E-state index contributed by atoms with van der Waals surface area (Å²) in [5.41, 5.74) is 29.7. The third-order valence-electron chi connectivity index (χ3n) is 8.69. The number of nitrogens with two attached hydrogens (primary N) is 5. The van der Waals surface area contributed by atoms with Crippen LogP contribution in [0.2, 0.25) is 0 Å². The molecule has 4 fully saturated rings. The van der Waals surface area contributed by atoms with Crippen molar-refractivity contribution in [1.29, 1.82) is 0 Å². The Bertz CT molecular complexity index is 849.